The number of carbonyl (C=O) groups is 3. The largest absolute Gasteiger partial charge is 0.336 e. The van der Waals surface area contributed by atoms with Gasteiger partial charge in [-0.1, -0.05) is 30.3 Å². The lowest BCUT2D eigenvalue weighted by Gasteiger charge is -2.39. The van der Waals surface area contributed by atoms with Crippen LogP contribution in [-0.4, -0.2) is 46.3 Å². The number of likely N-dealkylation sites (tertiary alicyclic amines) is 1. The molecule has 0 spiro atoms. The maximum atomic E-state index is 12.9. The van der Waals surface area contributed by atoms with E-state index in [1.165, 1.54) is 0 Å². The van der Waals surface area contributed by atoms with E-state index in [2.05, 4.69) is 5.32 Å². The molecule has 4 amide bonds. The van der Waals surface area contributed by atoms with Crippen molar-refractivity contribution in [2.45, 2.75) is 57.7 Å². The van der Waals surface area contributed by atoms with Crippen molar-refractivity contribution in [3.05, 3.63) is 35.9 Å². The van der Waals surface area contributed by atoms with Gasteiger partial charge in [0.25, 0.3) is 5.91 Å². The number of rotatable bonds is 3. The number of amides is 4. The molecule has 1 N–H and O–H groups in total. The fourth-order valence-electron chi connectivity index (χ4n) is 3.94. The van der Waals surface area contributed by atoms with Crippen LogP contribution in [0.3, 0.4) is 0 Å². The number of hydrogen-bond donors (Lipinski definition) is 1. The Hall–Kier alpha value is -2.37. The van der Waals surface area contributed by atoms with Crippen LogP contribution in [0.1, 0.15) is 45.6 Å². The van der Waals surface area contributed by atoms with Gasteiger partial charge in [-0.15, -0.1) is 0 Å². The van der Waals surface area contributed by atoms with Crippen LogP contribution in [0.2, 0.25) is 0 Å². The number of piperidine rings is 1. The van der Waals surface area contributed by atoms with E-state index in [0.29, 0.717) is 5.56 Å². The third-order valence-corrected chi connectivity index (χ3v) is 5.40. The van der Waals surface area contributed by atoms with Crippen LogP contribution in [-0.2, 0) is 15.1 Å². The first-order valence-corrected chi connectivity index (χ1v) is 8.85. The van der Waals surface area contributed by atoms with Gasteiger partial charge in [-0.2, -0.15) is 0 Å². The molecule has 25 heavy (non-hydrogen) atoms. The number of urea groups is 1. The van der Waals surface area contributed by atoms with Gasteiger partial charge in [0.2, 0.25) is 5.91 Å². The Morgan fingerprint density at radius 3 is 2.36 bits per heavy atom. The molecular formula is C19H25N3O3. The van der Waals surface area contributed by atoms with E-state index in [-0.39, 0.29) is 30.4 Å². The highest BCUT2D eigenvalue weighted by molar-refractivity contribution is 6.09. The molecule has 2 fully saturated rings. The minimum atomic E-state index is -1.13. The summed E-state index contributed by atoms with van der Waals surface area (Å²) in [6, 6.07) is 8.87. The van der Waals surface area contributed by atoms with E-state index in [9.17, 15) is 14.4 Å². The van der Waals surface area contributed by atoms with Crippen molar-refractivity contribution in [1.82, 2.24) is 15.1 Å². The van der Waals surface area contributed by atoms with Gasteiger partial charge < -0.3 is 10.2 Å². The predicted octanol–water partition coefficient (Wildman–Crippen LogP) is 2.24. The standard InChI is InChI=1S/C19H25N3O3/c1-13-8-7-9-14(2)22(13)16(23)12-21-17(24)19(3,20-18(21)25)15-10-5-4-6-11-15/h4-6,10-11,13-14H,7-9,12H2,1-3H3,(H,20,25). The molecule has 6 heteroatoms. The average molecular weight is 343 g/mol. The summed E-state index contributed by atoms with van der Waals surface area (Å²) >= 11 is 0. The normalized spacial score (nSPS) is 29.7. The van der Waals surface area contributed by atoms with Gasteiger partial charge in [-0.3, -0.25) is 14.5 Å². The fraction of sp³-hybridized carbons (Fsp3) is 0.526. The summed E-state index contributed by atoms with van der Waals surface area (Å²) in [5.74, 6) is -0.546. The van der Waals surface area contributed by atoms with E-state index in [4.69, 9.17) is 0 Å². The lowest BCUT2D eigenvalue weighted by atomic mass is 9.92. The topological polar surface area (TPSA) is 69.7 Å². The Morgan fingerprint density at radius 1 is 1.16 bits per heavy atom. The van der Waals surface area contributed by atoms with Crippen LogP contribution in [0.15, 0.2) is 30.3 Å². The highest BCUT2D eigenvalue weighted by Crippen LogP contribution is 2.29. The minimum absolute atomic E-state index is 0.137. The Bertz CT molecular complexity index is 680. The van der Waals surface area contributed by atoms with Gasteiger partial charge >= 0.3 is 6.03 Å². The SMILES string of the molecule is CC1CCCC(C)N1C(=O)CN1C(=O)NC(C)(c2ccccc2)C1=O. The van der Waals surface area contributed by atoms with Gasteiger partial charge in [-0.05, 0) is 45.6 Å². The Labute approximate surface area is 148 Å². The van der Waals surface area contributed by atoms with E-state index in [0.717, 1.165) is 24.2 Å². The lowest BCUT2D eigenvalue weighted by molar-refractivity contribution is -0.142. The molecule has 2 aliphatic rings. The molecule has 0 saturated carbocycles. The summed E-state index contributed by atoms with van der Waals surface area (Å²) < 4.78 is 0. The quantitative estimate of drug-likeness (QED) is 0.856. The smallest absolute Gasteiger partial charge is 0.325 e. The molecular weight excluding hydrogens is 318 g/mol. The van der Waals surface area contributed by atoms with Gasteiger partial charge in [-0.25, -0.2) is 4.79 Å². The molecule has 2 saturated heterocycles. The van der Waals surface area contributed by atoms with Crippen LogP contribution in [0.4, 0.5) is 4.79 Å². The average Bonchev–Trinajstić information content (AvgIpc) is 2.80. The lowest BCUT2D eigenvalue weighted by Crippen LogP contribution is -2.52. The third-order valence-electron chi connectivity index (χ3n) is 5.40. The zero-order valence-electron chi connectivity index (χ0n) is 15.0. The Morgan fingerprint density at radius 2 is 1.76 bits per heavy atom. The summed E-state index contributed by atoms with van der Waals surface area (Å²) in [5, 5.41) is 2.74. The maximum Gasteiger partial charge on any atom is 0.325 e. The fourth-order valence-corrected chi connectivity index (χ4v) is 3.94. The molecule has 0 bridgehead atoms. The van der Waals surface area contributed by atoms with Crippen LogP contribution in [0.25, 0.3) is 0 Å². The Kier molecular flexibility index (Phi) is 4.54. The molecule has 2 heterocycles. The molecule has 0 aliphatic carbocycles. The van der Waals surface area contributed by atoms with E-state index in [1.807, 2.05) is 36.9 Å². The molecule has 0 aromatic heterocycles. The second-order valence-electron chi connectivity index (χ2n) is 7.24. The first-order chi connectivity index (χ1) is 11.8. The van der Waals surface area contributed by atoms with Crippen molar-refractivity contribution >= 4 is 17.8 Å². The molecule has 3 rings (SSSR count). The second kappa shape index (κ2) is 6.50. The van der Waals surface area contributed by atoms with Gasteiger partial charge in [0.05, 0.1) is 0 Å². The first kappa shape index (κ1) is 17.5. The Balaban J connectivity index is 1.78. The minimum Gasteiger partial charge on any atom is -0.336 e. The number of nitrogens with one attached hydrogen (secondary N) is 1. The molecule has 2 aliphatic heterocycles. The number of imide groups is 1. The highest BCUT2D eigenvalue weighted by Gasteiger charge is 2.50. The van der Waals surface area contributed by atoms with Gasteiger partial charge in [0, 0.05) is 12.1 Å². The van der Waals surface area contributed by atoms with Crippen molar-refractivity contribution < 1.29 is 14.4 Å². The number of nitrogens with zero attached hydrogens (tertiary/aromatic N) is 2. The van der Waals surface area contributed by atoms with Crippen molar-refractivity contribution in [3.63, 3.8) is 0 Å². The summed E-state index contributed by atoms with van der Waals surface area (Å²) in [4.78, 5) is 40.9. The van der Waals surface area contributed by atoms with Crippen LogP contribution in [0.5, 0.6) is 0 Å². The molecule has 0 radical (unpaired) electrons. The van der Waals surface area contributed by atoms with Crippen molar-refractivity contribution in [1.29, 1.82) is 0 Å². The summed E-state index contributed by atoms with van der Waals surface area (Å²) in [7, 11) is 0. The molecule has 134 valence electrons. The summed E-state index contributed by atoms with van der Waals surface area (Å²) in [6.45, 7) is 5.52. The third kappa shape index (κ3) is 3.01. The van der Waals surface area contributed by atoms with Gasteiger partial charge in [0.1, 0.15) is 12.1 Å². The number of hydrogen-bond acceptors (Lipinski definition) is 3. The van der Waals surface area contributed by atoms with Crippen LogP contribution < -0.4 is 5.32 Å². The molecule has 1 aromatic rings. The molecule has 3 atom stereocenters. The highest BCUT2D eigenvalue weighted by atomic mass is 16.2. The van der Waals surface area contributed by atoms with Crippen molar-refractivity contribution in [2.24, 2.45) is 0 Å². The van der Waals surface area contributed by atoms with Crippen molar-refractivity contribution in [2.75, 3.05) is 6.54 Å². The second-order valence-corrected chi connectivity index (χ2v) is 7.24. The predicted molar refractivity (Wildman–Crippen MR) is 93.7 cm³/mol. The monoisotopic (exact) mass is 343 g/mol. The van der Waals surface area contributed by atoms with E-state index >= 15 is 0 Å². The molecule has 3 unspecified atom stereocenters. The van der Waals surface area contributed by atoms with E-state index in [1.54, 1.807) is 19.1 Å². The maximum absolute atomic E-state index is 12.9. The van der Waals surface area contributed by atoms with E-state index < -0.39 is 11.6 Å². The van der Waals surface area contributed by atoms with Crippen LogP contribution in [0, 0.1) is 0 Å². The summed E-state index contributed by atoms with van der Waals surface area (Å²) in [5.41, 5.74) is -0.416. The molecule has 1 aromatic carbocycles. The van der Waals surface area contributed by atoms with Gasteiger partial charge in [0.15, 0.2) is 0 Å². The number of carbonyl (C=O) groups excluding carboxylic acids is 3. The summed E-state index contributed by atoms with van der Waals surface area (Å²) in [6.07, 6.45) is 3.01. The molecule has 6 nitrogen and oxygen atoms in total. The van der Waals surface area contributed by atoms with Crippen molar-refractivity contribution in [3.8, 4) is 0 Å². The number of benzene rings is 1. The zero-order valence-corrected chi connectivity index (χ0v) is 15.0. The zero-order chi connectivity index (χ0) is 18.2. The van der Waals surface area contributed by atoms with Crippen LogP contribution >= 0.6 is 0 Å². The first-order valence-electron chi connectivity index (χ1n) is 8.85.